The minimum absolute atomic E-state index is 0.143. The molecule has 0 radical (unpaired) electrons. The second-order valence-corrected chi connectivity index (χ2v) is 17.3. The number of ether oxygens (including phenoxy) is 4. The predicted octanol–water partition coefficient (Wildman–Crippen LogP) is 11.6. The molecule has 2 heterocycles. The van der Waals surface area contributed by atoms with Gasteiger partial charge < -0.3 is 18.9 Å². The van der Waals surface area contributed by atoms with Crippen molar-refractivity contribution in [2.45, 2.75) is 11.8 Å². The van der Waals surface area contributed by atoms with Crippen LogP contribution in [0.25, 0.3) is 47.1 Å². The number of carbonyl (C=O) groups excluding carboxylic acids is 2. The number of allylic oxidation sites excluding steroid dienone is 8. The van der Waals surface area contributed by atoms with Crippen LogP contribution >= 0.6 is 22.7 Å². The van der Waals surface area contributed by atoms with Gasteiger partial charge in [0.25, 0.3) is 0 Å². The molecule has 1 atom stereocenters. The third kappa shape index (κ3) is 7.51. The van der Waals surface area contributed by atoms with Gasteiger partial charge in [-0.3, -0.25) is 0 Å². The molecule has 0 bridgehead atoms. The molecule has 3 aliphatic rings. The number of nitrogens with zero attached hydrogens (tertiary/aromatic N) is 2. The number of thiazole rings is 2. The number of benzene rings is 5. The Labute approximate surface area is 372 Å². The Morgan fingerprint density at radius 3 is 1.79 bits per heavy atom. The summed E-state index contributed by atoms with van der Waals surface area (Å²) >= 11 is 3.24. The molecule has 310 valence electrons. The Morgan fingerprint density at radius 1 is 0.683 bits per heavy atom. The van der Waals surface area contributed by atoms with Gasteiger partial charge in [0.2, 0.25) is 0 Å². The SMILES string of the molecule is C=CC(=O)OCCOc1ccc2nc(-c3ccc(C4(c5ccc(-c6nc7ccc(OCCOC(=O)C=C)cc7s6)cc5)C5=C(CC6C=CC=CC6=C5)c5ccccc54)cc3)sc2c1. The number of esters is 2. The Kier molecular flexibility index (Phi) is 10.8. The van der Waals surface area contributed by atoms with Crippen molar-refractivity contribution in [2.75, 3.05) is 26.4 Å². The lowest BCUT2D eigenvalue weighted by atomic mass is 9.65. The van der Waals surface area contributed by atoms with Crippen molar-refractivity contribution in [3.05, 3.63) is 198 Å². The minimum atomic E-state index is -0.574. The fraction of sp³-hybridized carbons (Fsp3) is 0.132. The van der Waals surface area contributed by atoms with Crippen molar-refractivity contribution >= 4 is 60.6 Å². The molecule has 0 aliphatic heterocycles. The van der Waals surface area contributed by atoms with Crippen LogP contribution in [0.15, 0.2) is 176 Å². The van der Waals surface area contributed by atoms with E-state index >= 15 is 0 Å². The zero-order chi connectivity index (χ0) is 42.9. The molecule has 0 amide bonds. The van der Waals surface area contributed by atoms with E-state index in [-0.39, 0.29) is 26.4 Å². The maximum atomic E-state index is 11.4. The van der Waals surface area contributed by atoms with Crippen molar-refractivity contribution in [1.29, 1.82) is 0 Å². The molecule has 5 aromatic carbocycles. The summed E-state index contributed by atoms with van der Waals surface area (Å²) in [6.45, 7) is 7.63. The van der Waals surface area contributed by atoms with Gasteiger partial charge in [-0.15, -0.1) is 22.7 Å². The van der Waals surface area contributed by atoms with Gasteiger partial charge in [-0.25, -0.2) is 19.6 Å². The molecule has 8 nitrogen and oxygen atoms in total. The molecule has 2 aromatic heterocycles. The highest BCUT2D eigenvalue weighted by molar-refractivity contribution is 7.22. The van der Waals surface area contributed by atoms with Crippen molar-refractivity contribution in [3.63, 3.8) is 0 Å². The fourth-order valence-corrected chi connectivity index (χ4v) is 10.8. The van der Waals surface area contributed by atoms with Gasteiger partial charge in [-0.1, -0.05) is 116 Å². The first-order valence-corrected chi connectivity index (χ1v) is 22.3. The van der Waals surface area contributed by atoms with E-state index in [4.69, 9.17) is 28.9 Å². The molecule has 7 aromatic rings. The van der Waals surface area contributed by atoms with Crippen LogP contribution in [0.1, 0.15) is 28.7 Å². The summed E-state index contributed by atoms with van der Waals surface area (Å²) in [7, 11) is 0. The van der Waals surface area contributed by atoms with Crippen LogP contribution in [-0.2, 0) is 24.5 Å². The van der Waals surface area contributed by atoms with Crippen molar-refractivity contribution in [2.24, 2.45) is 5.92 Å². The highest BCUT2D eigenvalue weighted by Crippen LogP contribution is 2.59. The monoisotopic (exact) mass is 864 g/mol. The number of aromatic nitrogens is 2. The molecule has 10 rings (SSSR count). The van der Waals surface area contributed by atoms with E-state index in [0.29, 0.717) is 17.4 Å². The van der Waals surface area contributed by atoms with E-state index < -0.39 is 17.4 Å². The second kappa shape index (κ2) is 17.0. The van der Waals surface area contributed by atoms with Crippen LogP contribution in [0.4, 0.5) is 0 Å². The van der Waals surface area contributed by atoms with Gasteiger partial charge in [0, 0.05) is 29.2 Å². The van der Waals surface area contributed by atoms with E-state index in [2.05, 4.69) is 116 Å². The first-order valence-electron chi connectivity index (χ1n) is 20.7. The predicted molar refractivity (Wildman–Crippen MR) is 251 cm³/mol. The molecule has 0 fully saturated rings. The molecule has 10 heteroatoms. The molecular weight excluding hydrogens is 825 g/mol. The van der Waals surface area contributed by atoms with Gasteiger partial charge in [0.1, 0.15) is 47.9 Å². The molecule has 63 heavy (non-hydrogen) atoms. The number of carbonyl (C=O) groups is 2. The van der Waals surface area contributed by atoms with E-state index in [1.54, 1.807) is 22.7 Å². The Hall–Kier alpha value is -7.14. The van der Waals surface area contributed by atoms with Gasteiger partial charge in [0.15, 0.2) is 0 Å². The van der Waals surface area contributed by atoms with Crippen molar-refractivity contribution in [3.8, 4) is 32.6 Å². The van der Waals surface area contributed by atoms with Crippen LogP contribution in [0.3, 0.4) is 0 Å². The largest absolute Gasteiger partial charge is 0.490 e. The molecule has 0 saturated heterocycles. The maximum absolute atomic E-state index is 11.4. The average Bonchev–Trinajstić information content (AvgIpc) is 4.04. The Bertz CT molecular complexity index is 2930. The van der Waals surface area contributed by atoms with Gasteiger partial charge in [-0.2, -0.15) is 0 Å². The standard InChI is InChI=1S/C53H40N2O6S2/c1-3-49(56)60-27-25-58-39-21-23-45-47(31-39)62-51(54-45)33-13-17-37(18-14-33)53(43-12-8-7-11-41(43)42-29-35-9-5-6-10-36(35)30-44(42)53)38-19-15-34(16-20-38)52-55-46-24-22-40(32-48(46)63-52)59-26-28-61-50(57)4-2/h3-24,30-32,35H,1-2,25-29H2. The first-order chi connectivity index (χ1) is 30.9. The number of hydrogen-bond acceptors (Lipinski definition) is 10. The summed E-state index contributed by atoms with van der Waals surface area (Å²) in [6.07, 6.45) is 14.6. The highest BCUT2D eigenvalue weighted by atomic mass is 32.1. The van der Waals surface area contributed by atoms with E-state index in [0.717, 1.165) is 60.1 Å². The molecule has 3 aliphatic carbocycles. The average molecular weight is 865 g/mol. The minimum Gasteiger partial charge on any atom is -0.490 e. The summed E-state index contributed by atoms with van der Waals surface area (Å²) in [6, 6.07) is 38.5. The maximum Gasteiger partial charge on any atom is 0.330 e. The lowest BCUT2D eigenvalue weighted by Gasteiger charge is -2.36. The smallest absolute Gasteiger partial charge is 0.330 e. The van der Waals surface area contributed by atoms with Crippen LogP contribution in [0, 0.1) is 5.92 Å². The molecule has 0 saturated carbocycles. The quantitative estimate of drug-likeness (QED) is 0.0606. The molecular formula is C53H40N2O6S2. The van der Waals surface area contributed by atoms with Crippen LogP contribution in [0.2, 0.25) is 0 Å². The Balaban J connectivity index is 0.994. The zero-order valence-corrected chi connectivity index (χ0v) is 35.8. The summed E-state index contributed by atoms with van der Waals surface area (Å²) in [5.74, 6) is 0.774. The third-order valence-corrected chi connectivity index (χ3v) is 13.8. The fourth-order valence-electron chi connectivity index (χ4n) is 8.80. The second-order valence-electron chi connectivity index (χ2n) is 15.3. The normalized spacial score (nSPS) is 15.6. The topological polar surface area (TPSA) is 96.8 Å². The first kappa shape index (κ1) is 40.0. The summed E-state index contributed by atoms with van der Waals surface area (Å²) in [5.41, 5.74) is 12.2. The van der Waals surface area contributed by atoms with Gasteiger partial charge in [-0.05, 0) is 81.8 Å². The third-order valence-electron chi connectivity index (χ3n) is 11.7. The van der Waals surface area contributed by atoms with E-state index in [1.165, 1.54) is 39.0 Å². The van der Waals surface area contributed by atoms with Crippen molar-refractivity contribution in [1.82, 2.24) is 9.97 Å². The Morgan fingerprint density at radius 2 is 1.24 bits per heavy atom. The lowest BCUT2D eigenvalue weighted by Crippen LogP contribution is -2.30. The highest BCUT2D eigenvalue weighted by Gasteiger charge is 2.48. The summed E-state index contributed by atoms with van der Waals surface area (Å²) in [5, 5.41) is 1.84. The molecule has 1 unspecified atom stereocenters. The van der Waals surface area contributed by atoms with E-state index in [1.807, 2.05) is 36.4 Å². The summed E-state index contributed by atoms with van der Waals surface area (Å²) in [4.78, 5) is 32.8. The zero-order valence-electron chi connectivity index (χ0n) is 34.1. The number of rotatable bonds is 14. The summed E-state index contributed by atoms with van der Waals surface area (Å²) < 4.78 is 23.8. The van der Waals surface area contributed by atoms with Crippen LogP contribution in [-0.4, -0.2) is 48.3 Å². The van der Waals surface area contributed by atoms with Gasteiger partial charge in [0.05, 0.1) is 25.8 Å². The van der Waals surface area contributed by atoms with Gasteiger partial charge >= 0.3 is 11.9 Å². The van der Waals surface area contributed by atoms with E-state index in [9.17, 15) is 9.59 Å². The molecule has 0 N–H and O–H groups in total. The lowest BCUT2D eigenvalue weighted by molar-refractivity contribution is -0.139. The number of hydrogen-bond donors (Lipinski definition) is 0. The van der Waals surface area contributed by atoms with Crippen molar-refractivity contribution < 1.29 is 28.5 Å². The van der Waals surface area contributed by atoms with Crippen LogP contribution < -0.4 is 9.47 Å². The molecule has 0 spiro atoms. The van der Waals surface area contributed by atoms with Crippen LogP contribution in [0.5, 0.6) is 11.5 Å². The number of fused-ring (bicyclic) bond motifs is 5.